The first-order valence-corrected chi connectivity index (χ1v) is 12.6. The predicted molar refractivity (Wildman–Crippen MR) is 127 cm³/mol. The Hall–Kier alpha value is -1.43. The number of rotatable bonds is 7. The van der Waals surface area contributed by atoms with Crippen molar-refractivity contribution >= 4 is 93.3 Å². The molecule has 0 bridgehead atoms. The molecule has 33 heavy (non-hydrogen) atoms. The van der Waals surface area contributed by atoms with Crippen LogP contribution in [-0.4, -0.2) is 57.1 Å². The highest BCUT2D eigenvalue weighted by Gasteiger charge is 2.55. The number of halogens is 4. The third-order valence-electron chi connectivity index (χ3n) is 4.43. The van der Waals surface area contributed by atoms with Crippen LogP contribution in [-0.2, 0) is 35.1 Å². The maximum atomic E-state index is 12.9. The zero-order valence-electron chi connectivity index (χ0n) is 16.8. The Morgan fingerprint density at radius 1 is 1.27 bits per heavy atom. The van der Waals surface area contributed by atoms with Crippen LogP contribution in [0, 0.1) is 0 Å². The van der Waals surface area contributed by atoms with Gasteiger partial charge in [0.2, 0.25) is 9.70 Å². The van der Waals surface area contributed by atoms with Gasteiger partial charge in [-0.25, -0.2) is 4.79 Å². The van der Waals surface area contributed by atoms with Gasteiger partial charge in [-0.15, -0.1) is 11.3 Å². The minimum atomic E-state index is -1.88. The summed E-state index contributed by atoms with van der Waals surface area (Å²) in [5.41, 5.74) is 1.15. The van der Waals surface area contributed by atoms with Crippen molar-refractivity contribution in [3.63, 3.8) is 0 Å². The zero-order chi connectivity index (χ0) is 24.3. The van der Waals surface area contributed by atoms with Crippen LogP contribution in [0.1, 0.15) is 11.8 Å². The van der Waals surface area contributed by atoms with E-state index in [2.05, 4.69) is 5.32 Å². The lowest BCUT2D eigenvalue weighted by Gasteiger charge is -2.50. The van der Waals surface area contributed by atoms with Gasteiger partial charge in [0.1, 0.15) is 30.3 Å². The van der Waals surface area contributed by atoms with Crippen LogP contribution in [0.15, 0.2) is 39.2 Å². The fraction of sp³-hybridized carbons (Fsp3) is 0.368. The van der Waals surface area contributed by atoms with Gasteiger partial charge < -0.3 is 14.8 Å². The Morgan fingerprint density at radius 2 is 2.00 bits per heavy atom. The van der Waals surface area contributed by atoms with E-state index in [0.717, 1.165) is 21.5 Å². The van der Waals surface area contributed by atoms with Crippen LogP contribution >= 0.6 is 69.5 Å². The number of alkyl halides is 3. The van der Waals surface area contributed by atoms with Gasteiger partial charge in [0.25, 0.3) is 5.91 Å². The molecule has 0 aliphatic carbocycles. The van der Waals surface area contributed by atoms with E-state index in [1.54, 1.807) is 0 Å². The highest BCUT2D eigenvalue weighted by atomic mass is 35.6. The average molecular weight is 574 g/mol. The molecular weight excluding hydrogens is 558 g/mol. The molecule has 3 heterocycles. The van der Waals surface area contributed by atoms with Crippen molar-refractivity contribution in [3.05, 3.63) is 44.1 Å². The number of hydrogen-bond donors (Lipinski definition) is 1. The monoisotopic (exact) mass is 572 g/mol. The van der Waals surface area contributed by atoms with Crippen LogP contribution in [0.5, 0.6) is 0 Å². The average Bonchev–Trinajstić information content (AvgIpc) is 3.25. The Bertz CT molecular complexity index is 1020. The van der Waals surface area contributed by atoms with Gasteiger partial charge in [-0.3, -0.25) is 19.3 Å². The highest BCUT2D eigenvalue weighted by molar-refractivity contribution is 8.04. The molecule has 1 saturated heterocycles. The number of thiophene rings is 1. The molecule has 2 amide bonds. The van der Waals surface area contributed by atoms with E-state index in [9.17, 15) is 19.2 Å². The summed E-state index contributed by atoms with van der Waals surface area (Å²) in [4.78, 5) is 52.0. The van der Waals surface area contributed by atoms with Gasteiger partial charge in [-0.1, -0.05) is 64.2 Å². The van der Waals surface area contributed by atoms with Crippen molar-refractivity contribution in [1.29, 1.82) is 0 Å². The van der Waals surface area contributed by atoms with Gasteiger partial charge in [-0.05, 0) is 11.4 Å². The minimum absolute atomic E-state index is 0.114. The number of hydrogen-bond acceptors (Lipinski definition) is 8. The van der Waals surface area contributed by atoms with E-state index in [4.69, 9.17) is 55.9 Å². The van der Waals surface area contributed by atoms with Gasteiger partial charge >= 0.3 is 11.9 Å². The Morgan fingerprint density at radius 3 is 2.58 bits per heavy atom. The molecule has 0 aromatic carbocycles. The van der Waals surface area contributed by atoms with Gasteiger partial charge in [-0.2, -0.15) is 0 Å². The standard InChI is InChI=1S/C19H16Cl4N2O6S2/c1-9(26)30-7-11-12(6-20)33-17-14(24-13(27)5-10-3-2-4-32-10)16(28)25(17)15(11)18(29)31-8-19(21,22)23/h2-4,6,14,17H,5,7-8H2,1H3,(H,24,27)/t14?,17-/m1/s1. The maximum Gasteiger partial charge on any atom is 0.355 e. The smallest absolute Gasteiger partial charge is 0.355 e. The molecule has 1 aromatic rings. The number of carbonyl (C=O) groups excluding carboxylic acids is 4. The fourth-order valence-corrected chi connectivity index (χ4v) is 5.45. The van der Waals surface area contributed by atoms with Gasteiger partial charge in [0, 0.05) is 27.8 Å². The summed E-state index contributed by atoms with van der Waals surface area (Å²) in [6.07, 6.45) is 0.114. The van der Waals surface area contributed by atoms with Crippen molar-refractivity contribution in [2.75, 3.05) is 13.2 Å². The predicted octanol–water partition coefficient (Wildman–Crippen LogP) is 3.50. The van der Waals surface area contributed by atoms with E-state index in [1.165, 1.54) is 23.8 Å². The van der Waals surface area contributed by atoms with Crippen LogP contribution in [0.4, 0.5) is 0 Å². The third kappa shape index (κ3) is 6.37. The van der Waals surface area contributed by atoms with Crippen molar-refractivity contribution in [2.24, 2.45) is 0 Å². The lowest BCUT2D eigenvalue weighted by atomic mass is 10.0. The molecule has 0 radical (unpaired) electrons. The number of β-lactam (4-membered cyclic amide) rings is 1. The van der Waals surface area contributed by atoms with E-state index in [0.29, 0.717) is 4.91 Å². The lowest BCUT2D eigenvalue weighted by Crippen LogP contribution is -2.70. The summed E-state index contributed by atoms with van der Waals surface area (Å²) in [6.45, 7) is 0.269. The molecule has 1 fully saturated rings. The number of fused-ring (bicyclic) bond motifs is 1. The van der Waals surface area contributed by atoms with Crippen molar-refractivity contribution < 1.29 is 28.7 Å². The van der Waals surface area contributed by atoms with Gasteiger partial charge in [0.05, 0.1) is 6.42 Å². The first kappa shape index (κ1) is 26.2. The second kappa shape index (κ2) is 10.9. The molecule has 1 N–H and O–H groups in total. The number of amides is 2. The molecule has 14 heteroatoms. The van der Waals surface area contributed by atoms with Gasteiger partial charge in [0.15, 0.2) is 0 Å². The fourth-order valence-electron chi connectivity index (χ4n) is 3.06. The first-order chi connectivity index (χ1) is 15.5. The van der Waals surface area contributed by atoms with Crippen molar-refractivity contribution in [3.8, 4) is 0 Å². The molecule has 0 spiro atoms. The summed E-state index contributed by atoms with van der Waals surface area (Å²) in [5.74, 6) is -2.46. The molecule has 2 aliphatic rings. The topological polar surface area (TPSA) is 102 Å². The summed E-state index contributed by atoms with van der Waals surface area (Å²) in [5, 5.41) is 3.86. The highest BCUT2D eigenvalue weighted by Crippen LogP contribution is 2.47. The van der Waals surface area contributed by atoms with Crippen LogP contribution < -0.4 is 5.32 Å². The number of nitrogens with one attached hydrogen (secondary N) is 1. The Labute approximate surface area is 217 Å². The Kier molecular flexibility index (Phi) is 8.63. The van der Waals surface area contributed by atoms with Crippen LogP contribution in [0.3, 0.4) is 0 Å². The van der Waals surface area contributed by atoms with Crippen LogP contribution in [0.2, 0.25) is 0 Å². The number of ether oxygens (including phenoxy) is 2. The maximum absolute atomic E-state index is 12.9. The molecule has 3 rings (SSSR count). The second-order valence-corrected chi connectivity index (χ2v) is 11.7. The normalized spacial score (nSPS) is 21.4. The molecule has 2 atom stereocenters. The van der Waals surface area contributed by atoms with Crippen molar-refractivity contribution in [2.45, 2.75) is 28.6 Å². The molecular formula is C19H16Cl4N2O6S2. The summed E-state index contributed by atoms with van der Waals surface area (Å²) in [6, 6.07) is 2.73. The third-order valence-corrected chi connectivity index (χ3v) is 7.32. The molecule has 178 valence electrons. The number of nitrogens with zero attached hydrogens (tertiary/aromatic N) is 1. The number of esters is 2. The molecule has 8 nitrogen and oxygen atoms in total. The molecule has 1 unspecified atom stereocenters. The molecule has 2 aliphatic heterocycles. The minimum Gasteiger partial charge on any atom is -0.461 e. The lowest BCUT2D eigenvalue weighted by molar-refractivity contribution is -0.153. The van der Waals surface area contributed by atoms with E-state index >= 15 is 0 Å². The summed E-state index contributed by atoms with van der Waals surface area (Å²) < 4.78 is 8.22. The SMILES string of the molecule is CC(=O)OCC1=C(C(=O)OCC(Cl)(Cl)Cl)N2C(=O)C(NC(=O)Cc3cccs3)[C@H]2SC1=CCl. The summed E-state index contributed by atoms with van der Waals surface area (Å²) >= 11 is 25.5. The first-order valence-electron chi connectivity index (χ1n) is 9.24. The largest absolute Gasteiger partial charge is 0.461 e. The van der Waals surface area contributed by atoms with Crippen molar-refractivity contribution in [1.82, 2.24) is 10.2 Å². The number of thioether (sulfide) groups is 1. The van der Waals surface area contributed by atoms with E-state index in [-0.39, 0.29) is 30.2 Å². The zero-order valence-corrected chi connectivity index (χ0v) is 21.5. The Balaban J connectivity index is 1.86. The molecule has 0 saturated carbocycles. The van der Waals surface area contributed by atoms with E-state index < -0.39 is 39.7 Å². The van der Waals surface area contributed by atoms with Crippen LogP contribution in [0.25, 0.3) is 0 Å². The molecule has 1 aromatic heterocycles. The summed E-state index contributed by atoms with van der Waals surface area (Å²) in [7, 11) is 0. The number of carbonyl (C=O) groups is 4. The second-order valence-electron chi connectivity index (χ2n) is 6.79. The van der Waals surface area contributed by atoms with E-state index in [1.807, 2.05) is 17.5 Å². The quantitative estimate of drug-likeness (QED) is 0.302.